The summed E-state index contributed by atoms with van der Waals surface area (Å²) in [5.74, 6) is -0.767. The Balaban J connectivity index is 2.05. The maximum atomic E-state index is 13.6. The molecule has 4 heteroatoms. The number of rotatable bonds is 4. The van der Waals surface area contributed by atoms with Crippen LogP contribution in [-0.2, 0) is 6.54 Å². The van der Waals surface area contributed by atoms with E-state index in [-0.39, 0.29) is 18.0 Å². The van der Waals surface area contributed by atoms with E-state index >= 15 is 0 Å². The Morgan fingerprint density at radius 2 is 2.22 bits per heavy atom. The van der Waals surface area contributed by atoms with Crippen molar-refractivity contribution >= 4 is 0 Å². The molecule has 18 heavy (non-hydrogen) atoms. The number of hydrogen-bond donors (Lipinski definition) is 1. The monoisotopic (exact) mass is 255 g/mol. The SMILES string of the molecule is CC(O)CC1CCCN1Cc1cc(F)ccc1F. The van der Waals surface area contributed by atoms with Crippen LogP contribution in [0.3, 0.4) is 0 Å². The molecule has 1 heterocycles. The molecule has 1 aromatic rings. The Kier molecular flexibility index (Phi) is 4.30. The van der Waals surface area contributed by atoms with Gasteiger partial charge in [0.1, 0.15) is 11.6 Å². The third-order valence-electron chi connectivity index (χ3n) is 3.49. The van der Waals surface area contributed by atoms with Gasteiger partial charge in [-0.1, -0.05) is 0 Å². The van der Waals surface area contributed by atoms with Crippen LogP contribution in [0.5, 0.6) is 0 Å². The van der Waals surface area contributed by atoms with Crippen molar-refractivity contribution in [1.82, 2.24) is 4.90 Å². The standard InChI is InChI=1S/C14H19F2NO/c1-10(18)7-13-3-2-6-17(13)9-11-8-12(15)4-5-14(11)16/h4-5,8,10,13,18H,2-3,6-7,9H2,1H3. The van der Waals surface area contributed by atoms with Gasteiger partial charge in [0.05, 0.1) is 6.10 Å². The highest BCUT2D eigenvalue weighted by molar-refractivity contribution is 5.18. The van der Waals surface area contributed by atoms with Gasteiger partial charge in [-0.2, -0.15) is 0 Å². The zero-order valence-corrected chi connectivity index (χ0v) is 10.6. The second kappa shape index (κ2) is 5.76. The Bertz CT molecular complexity index is 409. The fourth-order valence-corrected chi connectivity index (χ4v) is 2.65. The first-order chi connectivity index (χ1) is 8.56. The van der Waals surface area contributed by atoms with Crippen molar-refractivity contribution in [1.29, 1.82) is 0 Å². The molecule has 1 N–H and O–H groups in total. The summed E-state index contributed by atoms with van der Waals surface area (Å²) in [5.41, 5.74) is 0.396. The molecule has 2 unspecified atom stereocenters. The molecular formula is C14H19F2NO. The first-order valence-electron chi connectivity index (χ1n) is 6.42. The molecule has 1 aliphatic heterocycles. The molecule has 1 fully saturated rings. The second-order valence-corrected chi connectivity index (χ2v) is 5.09. The minimum absolute atomic E-state index is 0.271. The maximum Gasteiger partial charge on any atom is 0.127 e. The third-order valence-corrected chi connectivity index (χ3v) is 3.49. The molecule has 1 aliphatic rings. The number of aliphatic hydroxyl groups is 1. The zero-order chi connectivity index (χ0) is 13.1. The predicted octanol–water partition coefficient (Wildman–Crippen LogP) is 2.70. The molecule has 0 aliphatic carbocycles. The highest BCUT2D eigenvalue weighted by Crippen LogP contribution is 2.24. The highest BCUT2D eigenvalue weighted by atomic mass is 19.1. The first-order valence-corrected chi connectivity index (χ1v) is 6.42. The number of halogens is 2. The Morgan fingerprint density at radius 3 is 2.94 bits per heavy atom. The normalized spacial score (nSPS) is 22.3. The van der Waals surface area contributed by atoms with Gasteiger partial charge >= 0.3 is 0 Å². The lowest BCUT2D eigenvalue weighted by molar-refractivity contribution is 0.130. The Hall–Kier alpha value is -1.00. The van der Waals surface area contributed by atoms with Crippen molar-refractivity contribution in [3.63, 3.8) is 0 Å². The molecule has 0 saturated carbocycles. The van der Waals surface area contributed by atoms with Crippen LogP contribution in [-0.4, -0.2) is 28.7 Å². The number of aliphatic hydroxyl groups excluding tert-OH is 1. The van der Waals surface area contributed by atoms with Crippen molar-refractivity contribution in [2.45, 2.75) is 44.9 Å². The molecular weight excluding hydrogens is 236 g/mol. The van der Waals surface area contributed by atoms with Gasteiger partial charge in [0.15, 0.2) is 0 Å². The third kappa shape index (κ3) is 3.27. The second-order valence-electron chi connectivity index (χ2n) is 5.09. The van der Waals surface area contributed by atoms with Crippen LogP contribution in [0, 0.1) is 11.6 Å². The van der Waals surface area contributed by atoms with Crippen LogP contribution in [0.4, 0.5) is 8.78 Å². The summed E-state index contributed by atoms with van der Waals surface area (Å²) in [5, 5.41) is 9.43. The van der Waals surface area contributed by atoms with Crippen LogP contribution in [0.2, 0.25) is 0 Å². The lowest BCUT2D eigenvalue weighted by Crippen LogP contribution is -2.31. The Morgan fingerprint density at radius 1 is 1.44 bits per heavy atom. The van der Waals surface area contributed by atoms with Crippen LogP contribution < -0.4 is 0 Å². The average molecular weight is 255 g/mol. The lowest BCUT2D eigenvalue weighted by Gasteiger charge is -2.25. The molecule has 0 amide bonds. The number of hydrogen-bond acceptors (Lipinski definition) is 2. The molecule has 1 saturated heterocycles. The van der Waals surface area contributed by atoms with E-state index in [0.717, 1.165) is 25.5 Å². The van der Waals surface area contributed by atoms with E-state index in [9.17, 15) is 13.9 Å². The molecule has 0 spiro atoms. The van der Waals surface area contributed by atoms with Crippen molar-refractivity contribution in [2.24, 2.45) is 0 Å². The van der Waals surface area contributed by atoms with Crippen molar-refractivity contribution in [3.8, 4) is 0 Å². The zero-order valence-electron chi connectivity index (χ0n) is 10.6. The molecule has 0 radical (unpaired) electrons. The summed E-state index contributed by atoms with van der Waals surface area (Å²) < 4.78 is 26.7. The lowest BCUT2D eigenvalue weighted by atomic mass is 10.1. The van der Waals surface area contributed by atoms with Gasteiger partial charge < -0.3 is 5.11 Å². The summed E-state index contributed by atoms with van der Waals surface area (Å²) in [6.45, 7) is 3.06. The van der Waals surface area contributed by atoms with E-state index in [1.807, 2.05) is 0 Å². The maximum absolute atomic E-state index is 13.6. The smallest absolute Gasteiger partial charge is 0.127 e. The van der Waals surface area contributed by atoms with Crippen LogP contribution in [0.25, 0.3) is 0 Å². The van der Waals surface area contributed by atoms with Crippen LogP contribution >= 0.6 is 0 Å². The topological polar surface area (TPSA) is 23.5 Å². The van der Waals surface area contributed by atoms with E-state index in [2.05, 4.69) is 4.90 Å². The fraction of sp³-hybridized carbons (Fsp3) is 0.571. The van der Waals surface area contributed by atoms with E-state index in [1.54, 1.807) is 6.92 Å². The highest BCUT2D eigenvalue weighted by Gasteiger charge is 2.26. The number of likely N-dealkylation sites (tertiary alicyclic amines) is 1. The Labute approximate surface area is 106 Å². The summed E-state index contributed by atoms with van der Waals surface area (Å²) in [6.07, 6.45) is 2.40. The van der Waals surface area contributed by atoms with Gasteiger partial charge in [-0.15, -0.1) is 0 Å². The average Bonchev–Trinajstić information content (AvgIpc) is 2.70. The summed E-state index contributed by atoms with van der Waals surface area (Å²) in [6, 6.07) is 3.83. The largest absolute Gasteiger partial charge is 0.393 e. The molecule has 0 bridgehead atoms. The molecule has 2 atom stereocenters. The van der Waals surface area contributed by atoms with Crippen molar-refractivity contribution in [2.75, 3.05) is 6.54 Å². The van der Waals surface area contributed by atoms with Gasteiger partial charge in [0, 0.05) is 18.2 Å². The minimum atomic E-state index is -0.405. The van der Waals surface area contributed by atoms with Gasteiger partial charge in [-0.3, -0.25) is 4.90 Å². The summed E-state index contributed by atoms with van der Waals surface area (Å²) in [7, 11) is 0. The molecule has 2 nitrogen and oxygen atoms in total. The fourth-order valence-electron chi connectivity index (χ4n) is 2.65. The van der Waals surface area contributed by atoms with Gasteiger partial charge in [-0.05, 0) is 50.9 Å². The molecule has 2 rings (SSSR count). The van der Waals surface area contributed by atoms with Gasteiger partial charge in [0.2, 0.25) is 0 Å². The van der Waals surface area contributed by atoms with E-state index < -0.39 is 5.82 Å². The van der Waals surface area contributed by atoms with Gasteiger partial charge in [-0.25, -0.2) is 8.78 Å². The molecule has 0 aromatic heterocycles. The van der Waals surface area contributed by atoms with Gasteiger partial charge in [0.25, 0.3) is 0 Å². The van der Waals surface area contributed by atoms with Crippen LogP contribution in [0.15, 0.2) is 18.2 Å². The summed E-state index contributed by atoms with van der Waals surface area (Å²) >= 11 is 0. The van der Waals surface area contributed by atoms with Crippen molar-refractivity contribution in [3.05, 3.63) is 35.4 Å². The van der Waals surface area contributed by atoms with E-state index in [4.69, 9.17) is 0 Å². The first kappa shape index (κ1) is 13.4. The summed E-state index contributed by atoms with van der Waals surface area (Å²) in [4.78, 5) is 2.13. The number of nitrogens with zero attached hydrogens (tertiary/aromatic N) is 1. The minimum Gasteiger partial charge on any atom is -0.393 e. The number of benzene rings is 1. The van der Waals surface area contributed by atoms with E-state index in [0.29, 0.717) is 18.5 Å². The quantitative estimate of drug-likeness (QED) is 0.894. The van der Waals surface area contributed by atoms with E-state index in [1.165, 1.54) is 12.1 Å². The van der Waals surface area contributed by atoms with Crippen molar-refractivity contribution < 1.29 is 13.9 Å². The predicted molar refractivity (Wildman–Crippen MR) is 66.1 cm³/mol. The molecule has 100 valence electrons. The van der Waals surface area contributed by atoms with Crippen LogP contribution in [0.1, 0.15) is 31.7 Å². The molecule has 1 aromatic carbocycles.